The van der Waals surface area contributed by atoms with Gasteiger partial charge in [0, 0.05) is 131 Å². The number of halogens is 1. The van der Waals surface area contributed by atoms with Crippen LogP contribution in [0.25, 0.3) is 27.9 Å². The van der Waals surface area contributed by atoms with E-state index in [2.05, 4.69) is 108 Å². The zero-order valence-corrected chi connectivity index (χ0v) is 69.5. The molecule has 0 fully saturated rings. The van der Waals surface area contributed by atoms with Crippen LogP contribution >= 0.6 is 12.4 Å². The molecule has 111 heavy (non-hydrogen) atoms. The van der Waals surface area contributed by atoms with Gasteiger partial charge in [0.25, 0.3) is 0 Å². The van der Waals surface area contributed by atoms with E-state index >= 15 is 0 Å². The maximum atomic E-state index is 12.0. The minimum Gasteiger partial charge on any atom is -0.870 e. The predicted molar refractivity (Wildman–Crippen MR) is 454 cm³/mol. The number of anilines is 5. The first-order valence-electron chi connectivity index (χ1n) is 33.8. The molecule has 0 unspecified atom stereocenters. The molecule has 29 heteroatoms. The molecule has 0 atom stereocenters. The minimum atomic E-state index is -0.482. The van der Waals surface area contributed by atoms with Gasteiger partial charge in [0.1, 0.15) is 46.1 Å². The molecule has 5 aliphatic heterocycles. The largest absolute Gasteiger partial charge is 1.00 e. The van der Waals surface area contributed by atoms with Gasteiger partial charge in [-0.15, -0.1) is 12.4 Å². The molecule has 605 valence electrons. The Labute approximate surface area is 718 Å². The predicted octanol–water partition coefficient (Wildman–Crippen LogP) is 10.2. The van der Waals surface area contributed by atoms with Crippen LogP contribution in [0, 0.1) is 11.8 Å². The Morgan fingerprint density at radius 2 is 0.712 bits per heavy atom. The van der Waals surface area contributed by atoms with E-state index < -0.39 is 11.2 Å². The zero-order valence-electron chi connectivity index (χ0n) is 64.6. The number of Topliss-reactive ketones (excluding diaryl/α,β-unsaturated/α-hetero) is 1. The summed E-state index contributed by atoms with van der Waals surface area (Å²) in [6, 6.07) is 20.3. The van der Waals surface area contributed by atoms with Crippen molar-refractivity contribution in [2.45, 2.75) is 204 Å². The SMILES string of the molecule is C.C.C.C.C.C.CC(=O)Nc1ccc(C2=CCN(C(=O)OC(C)(C)C)CC2)cn1.CC(=O)Nc1ccc(C2=CCN(C(C)C)CC2)cn1.CC(=O)Nc1ccc(C2=CCNCC2)cn1.CC(C)(C)OC(=O)N1CC=C(c2ccc(N)nc2)CC1.CC(C)=O.CC(C)N1CC=C(c2ccc(N)nc2)CC1.Cl.[B].[C-]#N.[Na+].[Na+].[OH-]. The number of ketones is 1. The van der Waals surface area contributed by atoms with Crippen LogP contribution in [0.5, 0.6) is 0 Å². The topological polar surface area (TPSA) is 352 Å². The summed E-state index contributed by atoms with van der Waals surface area (Å²) < 4.78 is 10.7. The van der Waals surface area contributed by atoms with Gasteiger partial charge in [0.15, 0.2) is 0 Å². The van der Waals surface area contributed by atoms with Gasteiger partial charge >= 0.3 is 71.3 Å². The molecule has 10 heterocycles. The number of nitrogen functional groups attached to an aromatic ring is 2. The number of hydrogen-bond donors (Lipinski definition) is 6. The number of aromatic nitrogens is 5. The fourth-order valence-electron chi connectivity index (χ4n) is 10.3. The van der Waals surface area contributed by atoms with Crippen LogP contribution < -0.4 is 91.8 Å². The van der Waals surface area contributed by atoms with Gasteiger partial charge in [-0.3, -0.25) is 24.2 Å². The van der Waals surface area contributed by atoms with E-state index in [0.717, 1.165) is 99.2 Å². The van der Waals surface area contributed by atoms with Gasteiger partial charge in [-0.25, -0.2) is 34.5 Å². The Morgan fingerprint density at radius 1 is 0.450 bits per heavy atom. The third-order valence-electron chi connectivity index (χ3n) is 15.4. The van der Waals surface area contributed by atoms with Crippen LogP contribution in [0.1, 0.15) is 208 Å². The molecule has 5 aromatic heterocycles. The molecule has 0 bridgehead atoms. The fraction of sp³-hybridized carbons (Fsp3) is 0.488. The number of rotatable bonds is 10. The van der Waals surface area contributed by atoms with Crippen LogP contribution in [-0.2, 0) is 28.7 Å². The van der Waals surface area contributed by atoms with E-state index in [9.17, 15) is 28.8 Å². The summed E-state index contributed by atoms with van der Waals surface area (Å²) >= 11 is 0. The minimum absolute atomic E-state index is 0. The second-order valence-corrected chi connectivity index (χ2v) is 26.8. The molecule has 5 amide bonds. The summed E-state index contributed by atoms with van der Waals surface area (Å²) in [7, 11) is 0. The number of ether oxygens (including phenoxy) is 2. The molecular weight excluding hydrogens is 1450 g/mol. The molecule has 0 saturated heterocycles. The Bertz CT molecular complexity index is 3660. The summed E-state index contributed by atoms with van der Waals surface area (Å²) in [6.45, 7) is 40.9. The first kappa shape index (κ1) is 119. The molecule has 3 radical (unpaired) electrons. The van der Waals surface area contributed by atoms with Crippen LogP contribution in [0.4, 0.5) is 38.7 Å². The molecule has 9 N–H and O–H groups in total. The van der Waals surface area contributed by atoms with Crippen molar-refractivity contribution in [1.29, 1.82) is 5.26 Å². The average molecular weight is 1580 g/mol. The van der Waals surface area contributed by atoms with E-state index in [1.807, 2.05) is 115 Å². The van der Waals surface area contributed by atoms with Gasteiger partial charge in [0.2, 0.25) is 17.7 Å². The number of nitrogens with one attached hydrogen (secondary N) is 4. The summed E-state index contributed by atoms with van der Waals surface area (Å²) in [5, 5.41) is 17.5. The standard InChI is InChI=1S/C17H23N3O3.C15H21N3O2.C15H21N3O.C13H19N3.C12H15N3O.C3H6O.CN.6CH4.B.ClH.2Na.H2O/c1-12(21)19-15-6-5-14(11-18-15)13-7-9-20(10-8-13)16(22)23-17(2,3)4;1-15(2,3)20-14(19)18-8-6-11(7-9-18)12-4-5-13(16)17-10-12;1-11(2)18-8-6-13(7-9-18)14-4-5-15(16-10-14)17-12(3)19;1-10(2)16-7-5-11(6-8-16)12-3-4-13(14)15-9-12;1-9(16)15-12-3-2-11(8-14-12)10-4-6-13-7-5-10;1-3(2)4;1-2;;;;;;;;;;;/h5-7,11H,8-10H2,1-4H3,(H,18,19,21);4-6,10H,7-9H2,1-3H3,(H2,16,17);4-6,10-11H,7-9H2,1-3H3,(H,16,17,19);3-5,9-10H,6-8H2,1-2H3,(H2,14,15);2-4,8,13H,5-7H2,1H3,(H,14,15,16);1-2H3;;6*1H4;;1H;;;1H2/q;;;;;;-1;;;;;;;;;2*+1;/p-1. The molecule has 5 aromatic rings. The summed E-state index contributed by atoms with van der Waals surface area (Å²) in [4.78, 5) is 95.4. The monoisotopic (exact) mass is 1580 g/mol. The van der Waals surface area contributed by atoms with Crippen LogP contribution in [0.15, 0.2) is 122 Å². The maximum absolute atomic E-state index is 12.0. The third-order valence-corrected chi connectivity index (χ3v) is 15.4. The van der Waals surface area contributed by atoms with Crippen LogP contribution in [-0.4, -0.2) is 183 Å². The summed E-state index contributed by atoms with van der Waals surface area (Å²) in [5.74, 6) is 2.68. The van der Waals surface area contributed by atoms with Gasteiger partial charge in [0.05, 0.1) is 0 Å². The van der Waals surface area contributed by atoms with Gasteiger partial charge < -0.3 is 74.1 Å². The van der Waals surface area contributed by atoms with Crippen LogP contribution in [0.2, 0.25) is 0 Å². The van der Waals surface area contributed by atoms with Crippen LogP contribution in [0.3, 0.4) is 0 Å². The second kappa shape index (κ2) is 60.9. The molecular formula is C82H131BClN16Na2O9. The number of nitrogens with zero attached hydrogens (tertiary/aromatic N) is 10. The van der Waals surface area contributed by atoms with Gasteiger partial charge in [-0.1, -0.05) is 74.9 Å². The van der Waals surface area contributed by atoms with E-state index in [-0.39, 0.29) is 166 Å². The number of carbonyl (C=O) groups is 6. The number of carbonyl (C=O) groups excluding carboxylic acids is 6. The number of amides is 5. The smallest absolute Gasteiger partial charge is 0.870 e. The van der Waals surface area contributed by atoms with E-state index in [1.165, 1.54) is 62.5 Å². The summed E-state index contributed by atoms with van der Waals surface area (Å²) in [5.41, 5.74) is 22.2. The maximum Gasteiger partial charge on any atom is 1.00 e. The van der Waals surface area contributed by atoms with Crippen molar-refractivity contribution in [2.75, 3.05) is 92.9 Å². The molecule has 10 rings (SSSR count). The van der Waals surface area contributed by atoms with Gasteiger partial charge in [-0.2, -0.15) is 0 Å². The Morgan fingerprint density at radius 3 is 0.901 bits per heavy atom. The number of nitrogens with two attached hydrogens (primary N) is 2. The fourth-order valence-corrected chi connectivity index (χ4v) is 10.3. The van der Waals surface area contributed by atoms with Crippen molar-refractivity contribution in [2.24, 2.45) is 0 Å². The Kier molecular flexibility index (Phi) is 65.4. The van der Waals surface area contributed by atoms with Crippen molar-refractivity contribution in [3.8, 4) is 0 Å². The third kappa shape index (κ3) is 46.8. The first-order chi connectivity index (χ1) is 47.3. The summed E-state index contributed by atoms with van der Waals surface area (Å²) in [6.07, 6.45) is 24.0. The van der Waals surface area contributed by atoms with Gasteiger partial charge in [-0.05, 0) is 238 Å². The Hall–Kier alpha value is -7.65. The number of hydrogen-bond acceptors (Lipinski definition) is 20. The first-order valence-corrected chi connectivity index (χ1v) is 33.8. The van der Waals surface area contributed by atoms with Crippen molar-refractivity contribution < 1.29 is 103 Å². The molecule has 0 aromatic carbocycles. The molecule has 25 nitrogen and oxygen atoms in total. The van der Waals surface area contributed by atoms with Crippen molar-refractivity contribution in [3.63, 3.8) is 0 Å². The second-order valence-electron chi connectivity index (χ2n) is 26.8. The molecule has 0 saturated carbocycles. The molecule has 5 aliphatic rings. The molecule has 0 aliphatic carbocycles. The van der Waals surface area contributed by atoms with Crippen molar-refractivity contribution in [1.82, 2.24) is 49.8 Å². The van der Waals surface area contributed by atoms with E-state index in [1.54, 1.807) is 34.3 Å². The molecule has 0 spiro atoms. The van der Waals surface area contributed by atoms with E-state index in [4.69, 9.17) is 32.8 Å². The quantitative estimate of drug-likeness (QED) is 0.0559. The van der Waals surface area contributed by atoms with E-state index in [0.29, 0.717) is 67.4 Å². The van der Waals surface area contributed by atoms with Crippen molar-refractivity contribution in [3.05, 3.63) is 156 Å². The normalized spacial score (nSPS) is 13.7. The average Bonchev–Trinajstić information content (AvgIpc) is 0.861. The van der Waals surface area contributed by atoms with Crippen molar-refractivity contribution >= 4 is 113 Å². The zero-order chi connectivity index (χ0) is 74.1. The number of pyridine rings is 5. The Balaban J connectivity index is -0.000000192.